The normalized spacial score (nSPS) is 14.0. The van der Waals surface area contributed by atoms with Crippen LogP contribution in [0.1, 0.15) is 134 Å². The topological polar surface area (TPSA) is 73.3 Å². The standard InChI is InChI=1S/C37H63N3O4/c1-7-9-10-11-12-13-14-15-16-17-18-19-23-26-35(31(3)43-30-32-24-21-20-22-25-32)44-34(8-2)33-29-38-37(42)39(36(33)41)27-28-40(4,5)6/h20-22,24-25,29,31,34-35H,7-19,23,26-28,30H2,1-6H3/p+1. The van der Waals surface area contributed by atoms with Gasteiger partial charge in [-0.2, -0.15) is 0 Å². The lowest BCUT2D eigenvalue weighted by molar-refractivity contribution is -0.871. The van der Waals surface area contributed by atoms with Gasteiger partial charge in [-0.25, -0.2) is 4.79 Å². The Hall–Kier alpha value is -2.22. The van der Waals surface area contributed by atoms with Crippen molar-refractivity contribution < 1.29 is 14.0 Å². The molecule has 2 rings (SSSR count). The summed E-state index contributed by atoms with van der Waals surface area (Å²) in [6, 6.07) is 10.2. The number of benzene rings is 1. The summed E-state index contributed by atoms with van der Waals surface area (Å²) < 4.78 is 15.0. The zero-order chi connectivity index (χ0) is 32.2. The van der Waals surface area contributed by atoms with Gasteiger partial charge in [0.2, 0.25) is 0 Å². The molecule has 7 nitrogen and oxygen atoms in total. The Kier molecular flexibility index (Phi) is 18.6. The van der Waals surface area contributed by atoms with E-state index in [1.54, 1.807) is 6.20 Å². The van der Waals surface area contributed by atoms with Crippen LogP contribution in [0.2, 0.25) is 0 Å². The minimum atomic E-state index is -0.413. The molecule has 0 aliphatic rings. The van der Waals surface area contributed by atoms with E-state index in [0.717, 1.165) is 18.4 Å². The van der Waals surface area contributed by atoms with E-state index in [-0.39, 0.29) is 23.5 Å². The highest BCUT2D eigenvalue weighted by molar-refractivity contribution is 5.13. The SMILES string of the molecule is CCCCCCCCCCCCCCCC(OC(CC)c1c[nH]c(=O)n(CC[N+](C)(C)C)c1=O)C(C)OCc1ccccc1. The number of hydrogen-bond donors (Lipinski definition) is 1. The maximum atomic E-state index is 13.5. The van der Waals surface area contributed by atoms with Crippen LogP contribution in [-0.4, -0.2) is 53.9 Å². The van der Waals surface area contributed by atoms with Gasteiger partial charge in [-0.1, -0.05) is 128 Å². The number of nitrogens with zero attached hydrogens (tertiary/aromatic N) is 2. The second-order valence-corrected chi connectivity index (χ2v) is 13.6. The molecule has 0 bridgehead atoms. The molecule has 1 aromatic heterocycles. The molecule has 1 heterocycles. The molecule has 1 aromatic carbocycles. The molecule has 7 heteroatoms. The molecule has 3 unspecified atom stereocenters. The van der Waals surface area contributed by atoms with Gasteiger partial charge in [0.25, 0.3) is 5.56 Å². The van der Waals surface area contributed by atoms with Crippen LogP contribution in [-0.2, 0) is 22.6 Å². The number of likely N-dealkylation sites (N-methyl/N-ethyl adjacent to an activating group) is 1. The summed E-state index contributed by atoms with van der Waals surface area (Å²) in [4.78, 5) is 28.8. The molecule has 0 saturated heterocycles. The summed E-state index contributed by atoms with van der Waals surface area (Å²) in [5, 5.41) is 0. The van der Waals surface area contributed by atoms with E-state index in [0.29, 0.717) is 36.2 Å². The average molecular weight is 615 g/mol. The molecule has 1 N–H and O–H groups in total. The largest absolute Gasteiger partial charge is 0.371 e. The molecule has 0 amide bonds. The molecule has 0 spiro atoms. The van der Waals surface area contributed by atoms with Gasteiger partial charge in [-0.15, -0.1) is 0 Å². The Morgan fingerprint density at radius 3 is 1.93 bits per heavy atom. The van der Waals surface area contributed by atoms with Gasteiger partial charge in [-0.05, 0) is 25.3 Å². The van der Waals surface area contributed by atoms with Gasteiger partial charge in [0.05, 0.1) is 64.7 Å². The molecule has 0 saturated carbocycles. The van der Waals surface area contributed by atoms with E-state index < -0.39 is 6.10 Å². The second kappa shape index (κ2) is 21.5. The van der Waals surface area contributed by atoms with Gasteiger partial charge >= 0.3 is 5.69 Å². The molecule has 2 aromatic rings. The van der Waals surface area contributed by atoms with Crippen LogP contribution in [0.3, 0.4) is 0 Å². The fourth-order valence-corrected chi connectivity index (χ4v) is 5.65. The van der Waals surface area contributed by atoms with E-state index in [1.807, 2.05) is 25.1 Å². The molecule has 0 radical (unpaired) electrons. The Morgan fingerprint density at radius 1 is 0.818 bits per heavy atom. The van der Waals surface area contributed by atoms with E-state index in [4.69, 9.17) is 9.47 Å². The highest BCUT2D eigenvalue weighted by Crippen LogP contribution is 2.25. The fraction of sp³-hybridized carbons (Fsp3) is 0.730. The number of quaternary nitrogens is 1. The number of H-pyrrole nitrogens is 1. The molecule has 44 heavy (non-hydrogen) atoms. The summed E-state index contributed by atoms with van der Waals surface area (Å²) in [6.45, 7) is 7.94. The van der Waals surface area contributed by atoms with Crippen molar-refractivity contribution in [2.24, 2.45) is 0 Å². The van der Waals surface area contributed by atoms with Gasteiger partial charge in [0, 0.05) is 6.20 Å². The summed E-state index contributed by atoms with van der Waals surface area (Å²) in [5.74, 6) is 0. The first-order valence-corrected chi connectivity index (χ1v) is 17.6. The van der Waals surface area contributed by atoms with E-state index in [9.17, 15) is 9.59 Å². The van der Waals surface area contributed by atoms with E-state index in [2.05, 4.69) is 52.1 Å². The van der Waals surface area contributed by atoms with Gasteiger partial charge in [-0.3, -0.25) is 9.36 Å². The van der Waals surface area contributed by atoms with Crippen LogP contribution in [0, 0.1) is 0 Å². The molecule has 0 aliphatic carbocycles. The van der Waals surface area contributed by atoms with E-state index >= 15 is 0 Å². The zero-order valence-corrected chi connectivity index (χ0v) is 29.0. The summed E-state index contributed by atoms with van der Waals surface area (Å²) in [6.07, 6.45) is 19.5. The van der Waals surface area contributed by atoms with Crippen molar-refractivity contribution in [2.45, 2.75) is 149 Å². The first-order valence-electron chi connectivity index (χ1n) is 17.6. The van der Waals surface area contributed by atoms with Crippen LogP contribution in [0.15, 0.2) is 46.1 Å². The third-order valence-electron chi connectivity index (χ3n) is 8.61. The van der Waals surface area contributed by atoms with Crippen LogP contribution in [0.25, 0.3) is 0 Å². The Labute approximate surface area is 268 Å². The average Bonchev–Trinajstić information content (AvgIpc) is 3.00. The molecule has 0 fully saturated rings. The number of unbranched alkanes of at least 4 members (excludes halogenated alkanes) is 12. The minimum absolute atomic E-state index is 0.134. The zero-order valence-electron chi connectivity index (χ0n) is 29.0. The number of aromatic nitrogens is 2. The monoisotopic (exact) mass is 614 g/mol. The van der Waals surface area contributed by atoms with Crippen LogP contribution < -0.4 is 11.2 Å². The summed E-state index contributed by atoms with van der Waals surface area (Å²) in [5.41, 5.74) is 1.02. The summed E-state index contributed by atoms with van der Waals surface area (Å²) in [7, 11) is 6.16. The smallest absolute Gasteiger partial charge is 0.328 e. The minimum Gasteiger partial charge on any atom is -0.371 e. The Bertz CT molecular complexity index is 1120. The first kappa shape index (κ1) is 38.0. The van der Waals surface area contributed by atoms with Crippen molar-refractivity contribution in [2.75, 3.05) is 27.7 Å². The lowest BCUT2D eigenvalue weighted by atomic mass is 10.0. The Balaban J connectivity index is 1.96. The third kappa shape index (κ3) is 15.2. The number of ether oxygens (including phenoxy) is 2. The molecule has 0 aliphatic heterocycles. The van der Waals surface area contributed by atoms with Gasteiger partial charge in [0.15, 0.2) is 0 Å². The maximum absolute atomic E-state index is 13.5. The van der Waals surface area contributed by atoms with Crippen LogP contribution in [0.5, 0.6) is 0 Å². The van der Waals surface area contributed by atoms with Gasteiger partial charge in [0.1, 0.15) is 0 Å². The highest BCUT2D eigenvalue weighted by Gasteiger charge is 2.26. The predicted octanol–water partition coefficient (Wildman–Crippen LogP) is 8.17. The highest BCUT2D eigenvalue weighted by atomic mass is 16.5. The van der Waals surface area contributed by atoms with Crippen molar-refractivity contribution in [3.8, 4) is 0 Å². The molecule has 3 atom stereocenters. The number of aromatic amines is 1. The van der Waals surface area contributed by atoms with Crippen molar-refractivity contribution in [1.82, 2.24) is 9.55 Å². The third-order valence-corrected chi connectivity index (χ3v) is 8.61. The van der Waals surface area contributed by atoms with Crippen molar-refractivity contribution in [1.29, 1.82) is 0 Å². The lowest BCUT2D eigenvalue weighted by Crippen LogP contribution is -2.44. The van der Waals surface area contributed by atoms with Crippen molar-refractivity contribution >= 4 is 0 Å². The maximum Gasteiger partial charge on any atom is 0.328 e. The van der Waals surface area contributed by atoms with Crippen LogP contribution in [0.4, 0.5) is 0 Å². The second-order valence-electron chi connectivity index (χ2n) is 13.6. The predicted molar refractivity (Wildman–Crippen MR) is 183 cm³/mol. The number of rotatable bonds is 25. The number of hydrogen-bond acceptors (Lipinski definition) is 4. The number of nitrogens with one attached hydrogen (secondary N) is 1. The van der Waals surface area contributed by atoms with Crippen molar-refractivity contribution in [3.63, 3.8) is 0 Å². The van der Waals surface area contributed by atoms with Crippen molar-refractivity contribution in [3.05, 3.63) is 68.5 Å². The van der Waals surface area contributed by atoms with Gasteiger partial charge < -0.3 is 18.9 Å². The molecular weight excluding hydrogens is 550 g/mol. The summed E-state index contributed by atoms with van der Waals surface area (Å²) >= 11 is 0. The Morgan fingerprint density at radius 2 is 1.39 bits per heavy atom. The van der Waals surface area contributed by atoms with Crippen LogP contribution >= 0.6 is 0 Å². The molecule has 250 valence electrons. The fourth-order valence-electron chi connectivity index (χ4n) is 5.65. The first-order chi connectivity index (χ1) is 21.2. The lowest BCUT2D eigenvalue weighted by Gasteiger charge is -2.29. The molecular formula is C37H64N3O4+. The van der Waals surface area contributed by atoms with E-state index in [1.165, 1.54) is 81.6 Å². The quantitative estimate of drug-likeness (QED) is 0.0905.